The molecular weight excluding hydrogens is 540 g/mol. The van der Waals surface area contributed by atoms with Crippen molar-refractivity contribution in [3.63, 3.8) is 0 Å². The van der Waals surface area contributed by atoms with Gasteiger partial charge < -0.3 is 10.2 Å². The molecule has 0 fully saturated rings. The Morgan fingerprint density at radius 1 is 0.409 bits per heavy atom. The molecule has 0 bridgehead atoms. The number of hydrogen-bond acceptors (Lipinski definition) is 4. The Kier molecular flexibility index (Phi) is 11.1. The molecule has 0 unspecified atom stereocenters. The molecule has 44 heavy (non-hydrogen) atoms. The summed E-state index contributed by atoms with van der Waals surface area (Å²) in [7, 11) is 0. The van der Waals surface area contributed by atoms with Crippen molar-refractivity contribution in [1.29, 1.82) is 0 Å². The van der Waals surface area contributed by atoms with Gasteiger partial charge in [0.2, 0.25) is 0 Å². The van der Waals surface area contributed by atoms with Crippen LogP contribution in [-0.4, -0.2) is 32.1 Å². The SMILES string of the molecule is C[C@H]([C@@H](O)c1ccccc1)N(Cc1ccccc1)Cc1cccc(CN(Cc2ccccc2)[C@H](C)[C@@H](O)c2ccccc2)c1. The summed E-state index contributed by atoms with van der Waals surface area (Å²) in [5.74, 6) is 0. The van der Waals surface area contributed by atoms with E-state index in [2.05, 4.69) is 96.4 Å². The number of aliphatic hydroxyl groups is 2. The summed E-state index contributed by atoms with van der Waals surface area (Å²) in [6.07, 6.45) is -1.21. The summed E-state index contributed by atoms with van der Waals surface area (Å²) < 4.78 is 0. The highest BCUT2D eigenvalue weighted by Gasteiger charge is 2.25. The molecule has 0 saturated carbocycles. The van der Waals surface area contributed by atoms with E-state index in [1.165, 1.54) is 22.3 Å². The molecule has 0 aliphatic carbocycles. The topological polar surface area (TPSA) is 46.9 Å². The van der Waals surface area contributed by atoms with Gasteiger partial charge in [0, 0.05) is 38.3 Å². The van der Waals surface area contributed by atoms with Crippen LogP contribution in [0.1, 0.15) is 59.4 Å². The minimum Gasteiger partial charge on any atom is -0.387 e. The first kappa shape index (κ1) is 31.4. The second kappa shape index (κ2) is 15.6. The zero-order valence-electron chi connectivity index (χ0n) is 25.8. The van der Waals surface area contributed by atoms with Crippen molar-refractivity contribution in [3.05, 3.63) is 179 Å². The Balaban J connectivity index is 1.38. The number of benzene rings is 5. The fourth-order valence-electron chi connectivity index (χ4n) is 5.88. The summed E-state index contributed by atoms with van der Waals surface area (Å²) in [5, 5.41) is 22.7. The van der Waals surface area contributed by atoms with Gasteiger partial charge in [0.25, 0.3) is 0 Å². The van der Waals surface area contributed by atoms with Gasteiger partial charge in [-0.2, -0.15) is 0 Å². The highest BCUT2D eigenvalue weighted by Crippen LogP contribution is 2.27. The first-order valence-corrected chi connectivity index (χ1v) is 15.6. The molecule has 226 valence electrons. The third-order valence-electron chi connectivity index (χ3n) is 8.57. The van der Waals surface area contributed by atoms with Crippen LogP contribution in [0.5, 0.6) is 0 Å². The fraction of sp³-hybridized carbons (Fsp3) is 0.250. The maximum Gasteiger partial charge on any atom is 0.0942 e. The summed E-state index contributed by atoms with van der Waals surface area (Å²) in [4.78, 5) is 4.71. The van der Waals surface area contributed by atoms with Crippen LogP contribution in [0.4, 0.5) is 0 Å². The van der Waals surface area contributed by atoms with Gasteiger partial charge in [-0.1, -0.05) is 146 Å². The van der Waals surface area contributed by atoms with Crippen LogP contribution in [0.25, 0.3) is 0 Å². The second-order valence-electron chi connectivity index (χ2n) is 11.8. The van der Waals surface area contributed by atoms with E-state index in [0.717, 1.165) is 24.2 Å². The molecule has 2 N–H and O–H groups in total. The van der Waals surface area contributed by atoms with E-state index in [1.54, 1.807) is 0 Å². The van der Waals surface area contributed by atoms with Crippen molar-refractivity contribution >= 4 is 0 Å². The molecule has 0 saturated heterocycles. The molecule has 0 radical (unpaired) electrons. The molecule has 4 heteroatoms. The summed E-state index contributed by atoms with van der Waals surface area (Å²) in [6, 6.07) is 49.3. The van der Waals surface area contributed by atoms with Gasteiger partial charge in [0.1, 0.15) is 0 Å². The van der Waals surface area contributed by atoms with E-state index in [0.29, 0.717) is 13.1 Å². The van der Waals surface area contributed by atoms with Gasteiger partial charge in [-0.15, -0.1) is 0 Å². The molecule has 5 aromatic carbocycles. The first-order valence-electron chi connectivity index (χ1n) is 15.6. The van der Waals surface area contributed by atoms with Crippen LogP contribution < -0.4 is 0 Å². The number of rotatable bonds is 14. The Hall–Kier alpha value is -4.06. The van der Waals surface area contributed by atoms with Gasteiger partial charge in [0.15, 0.2) is 0 Å². The monoisotopic (exact) mass is 584 g/mol. The van der Waals surface area contributed by atoms with Crippen molar-refractivity contribution in [1.82, 2.24) is 9.80 Å². The lowest BCUT2D eigenvalue weighted by Crippen LogP contribution is -2.37. The number of aliphatic hydroxyl groups excluding tert-OH is 2. The maximum atomic E-state index is 11.4. The Morgan fingerprint density at radius 3 is 1.07 bits per heavy atom. The maximum absolute atomic E-state index is 11.4. The van der Waals surface area contributed by atoms with Crippen molar-refractivity contribution in [3.8, 4) is 0 Å². The smallest absolute Gasteiger partial charge is 0.0942 e. The van der Waals surface area contributed by atoms with E-state index in [1.807, 2.05) is 72.8 Å². The zero-order chi connectivity index (χ0) is 30.7. The molecule has 4 nitrogen and oxygen atoms in total. The standard InChI is InChI=1S/C40H44N2O2/c1-31(39(43)37-22-11-5-12-23-37)41(27-33-16-7-3-8-17-33)29-35-20-15-21-36(26-35)30-42(28-34-18-9-4-10-19-34)32(2)40(44)38-24-13-6-14-25-38/h3-26,31-32,39-40,43-44H,27-30H2,1-2H3/t31-,32-,39-,40-/m1/s1. The molecule has 0 heterocycles. The summed E-state index contributed by atoms with van der Waals surface area (Å²) >= 11 is 0. The quantitative estimate of drug-likeness (QED) is 0.139. The van der Waals surface area contributed by atoms with Gasteiger partial charge in [-0.05, 0) is 47.2 Å². The Labute approximate surface area is 262 Å². The Bertz CT molecular complexity index is 1420. The average molecular weight is 585 g/mol. The molecule has 5 rings (SSSR count). The van der Waals surface area contributed by atoms with E-state index < -0.39 is 12.2 Å². The Morgan fingerprint density at radius 2 is 0.705 bits per heavy atom. The van der Waals surface area contributed by atoms with E-state index in [4.69, 9.17) is 0 Å². The van der Waals surface area contributed by atoms with Gasteiger partial charge in [0.05, 0.1) is 12.2 Å². The molecule has 0 aromatic heterocycles. The number of hydrogen-bond donors (Lipinski definition) is 2. The highest BCUT2D eigenvalue weighted by atomic mass is 16.3. The van der Waals surface area contributed by atoms with Crippen LogP contribution in [-0.2, 0) is 26.2 Å². The van der Waals surface area contributed by atoms with Crippen molar-refractivity contribution in [2.45, 2.75) is 64.3 Å². The lowest BCUT2D eigenvalue weighted by molar-refractivity contribution is 0.0474. The summed E-state index contributed by atoms with van der Waals surface area (Å²) in [5.41, 5.74) is 6.67. The molecule has 0 aliphatic heterocycles. The van der Waals surface area contributed by atoms with Gasteiger partial charge >= 0.3 is 0 Å². The predicted octanol–water partition coefficient (Wildman–Crippen LogP) is 7.94. The van der Waals surface area contributed by atoms with Crippen LogP contribution in [0.3, 0.4) is 0 Å². The second-order valence-corrected chi connectivity index (χ2v) is 11.8. The zero-order valence-corrected chi connectivity index (χ0v) is 25.8. The molecule has 5 aromatic rings. The number of nitrogens with zero attached hydrogens (tertiary/aromatic N) is 2. The van der Waals surface area contributed by atoms with Crippen LogP contribution >= 0.6 is 0 Å². The van der Waals surface area contributed by atoms with Gasteiger partial charge in [-0.3, -0.25) is 9.80 Å². The highest BCUT2D eigenvalue weighted by molar-refractivity contribution is 5.26. The fourth-order valence-corrected chi connectivity index (χ4v) is 5.88. The lowest BCUT2D eigenvalue weighted by atomic mass is 9.99. The van der Waals surface area contributed by atoms with Crippen molar-refractivity contribution < 1.29 is 10.2 Å². The first-order chi connectivity index (χ1) is 21.5. The third-order valence-corrected chi connectivity index (χ3v) is 8.57. The third kappa shape index (κ3) is 8.52. The predicted molar refractivity (Wildman–Crippen MR) is 180 cm³/mol. The minimum atomic E-state index is -0.607. The summed E-state index contributed by atoms with van der Waals surface area (Å²) in [6.45, 7) is 7.09. The van der Waals surface area contributed by atoms with Crippen LogP contribution in [0.2, 0.25) is 0 Å². The molecule has 0 amide bonds. The van der Waals surface area contributed by atoms with Crippen LogP contribution in [0.15, 0.2) is 146 Å². The van der Waals surface area contributed by atoms with E-state index in [9.17, 15) is 10.2 Å². The minimum absolute atomic E-state index is 0.100. The van der Waals surface area contributed by atoms with Crippen molar-refractivity contribution in [2.75, 3.05) is 0 Å². The molecule has 4 atom stereocenters. The van der Waals surface area contributed by atoms with Gasteiger partial charge in [-0.25, -0.2) is 0 Å². The van der Waals surface area contributed by atoms with Crippen molar-refractivity contribution in [2.24, 2.45) is 0 Å². The van der Waals surface area contributed by atoms with Crippen LogP contribution in [0, 0.1) is 0 Å². The molecule has 0 spiro atoms. The molecular formula is C40H44N2O2. The normalized spacial score (nSPS) is 14.3. The van der Waals surface area contributed by atoms with E-state index in [-0.39, 0.29) is 12.1 Å². The lowest BCUT2D eigenvalue weighted by Gasteiger charge is -2.34. The largest absolute Gasteiger partial charge is 0.387 e. The molecule has 0 aliphatic rings. The average Bonchev–Trinajstić information content (AvgIpc) is 3.08. The van der Waals surface area contributed by atoms with E-state index >= 15 is 0 Å².